The van der Waals surface area contributed by atoms with E-state index in [1.807, 2.05) is 42.1 Å². The first-order valence-electron chi connectivity index (χ1n) is 13.5. The minimum atomic E-state index is -4.79. The zero-order valence-electron chi connectivity index (χ0n) is 24.0. The summed E-state index contributed by atoms with van der Waals surface area (Å²) >= 11 is 1.39. The SMILES string of the molecule is Cc1ccc(C(C)C)c(-n2ccs/c2=N\C(=O)NC(C)Cc2ccc(NC(=O)Nc3ccc(OC(F)(F)F)cc3)cc2)c1. The average molecular weight is 612 g/mol. The highest BCUT2D eigenvalue weighted by molar-refractivity contribution is 7.07. The molecule has 43 heavy (non-hydrogen) atoms. The van der Waals surface area contributed by atoms with Crippen molar-refractivity contribution in [2.45, 2.75) is 52.4 Å². The van der Waals surface area contributed by atoms with Gasteiger partial charge in [-0.05, 0) is 85.3 Å². The number of hydrogen-bond acceptors (Lipinski definition) is 4. The van der Waals surface area contributed by atoms with Crippen LogP contribution in [-0.4, -0.2) is 29.0 Å². The summed E-state index contributed by atoms with van der Waals surface area (Å²) in [5.74, 6) is -0.0750. The predicted molar refractivity (Wildman–Crippen MR) is 162 cm³/mol. The number of nitrogens with zero attached hydrogens (tertiary/aromatic N) is 2. The number of benzene rings is 3. The number of aryl methyl sites for hydroxylation is 1. The Morgan fingerprint density at radius 2 is 1.58 bits per heavy atom. The van der Waals surface area contributed by atoms with Gasteiger partial charge in [0, 0.05) is 29.0 Å². The van der Waals surface area contributed by atoms with Crippen LogP contribution < -0.4 is 25.5 Å². The van der Waals surface area contributed by atoms with E-state index in [-0.39, 0.29) is 11.8 Å². The number of anilines is 2. The molecule has 4 aromatic rings. The molecule has 0 saturated heterocycles. The first-order chi connectivity index (χ1) is 20.4. The maximum atomic E-state index is 12.8. The third-order valence-corrected chi connectivity index (χ3v) is 7.08. The number of rotatable bonds is 8. The van der Waals surface area contributed by atoms with Crippen LogP contribution in [0.3, 0.4) is 0 Å². The Hall–Kier alpha value is -4.58. The van der Waals surface area contributed by atoms with Gasteiger partial charge >= 0.3 is 18.4 Å². The predicted octanol–water partition coefficient (Wildman–Crippen LogP) is 7.75. The normalized spacial score (nSPS) is 12.6. The second-order valence-corrected chi connectivity index (χ2v) is 11.2. The number of hydrogen-bond donors (Lipinski definition) is 3. The minimum absolute atomic E-state index is 0.207. The van der Waals surface area contributed by atoms with Crippen molar-refractivity contribution < 1.29 is 27.5 Å². The summed E-state index contributed by atoms with van der Waals surface area (Å²) in [6, 6.07) is 17.0. The molecule has 0 fully saturated rings. The summed E-state index contributed by atoms with van der Waals surface area (Å²) in [5, 5.41) is 10.0. The summed E-state index contributed by atoms with van der Waals surface area (Å²) < 4.78 is 42.7. The van der Waals surface area contributed by atoms with E-state index in [9.17, 15) is 22.8 Å². The molecule has 4 amide bonds. The maximum absolute atomic E-state index is 12.8. The van der Waals surface area contributed by atoms with Crippen molar-refractivity contribution in [3.05, 3.63) is 99.8 Å². The molecule has 4 rings (SSSR count). The highest BCUT2D eigenvalue weighted by atomic mass is 32.1. The van der Waals surface area contributed by atoms with E-state index in [1.165, 1.54) is 29.0 Å². The summed E-state index contributed by atoms with van der Waals surface area (Å²) in [6.07, 6.45) is -2.33. The Balaban J connectivity index is 1.31. The van der Waals surface area contributed by atoms with Gasteiger partial charge in [-0.1, -0.05) is 38.1 Å². The third kappa shape index (κ3) is 9.20. The summed E-state index contributed by atoms with van der Waals surface area (Å²) in [6.45, 7) is 8.18. The van der Waals surface area contributed by atoms with E-state index < -0.39 is 18.4 Å². The van der Waals surface area contributed by atoms with Crippen molar-refractivity contribution in [1.29, 1.82) is 0 Å². The van der Waals surface area contributed by atoms with Crippen LogP contribution in [0.25, 0.3) is 5.69 Å². The van der Waals surface area contributed by atoms with E-state index in [2.05, 4.69) is 57.7 Å². The van der Waals surface area contributed by atoms with Crippen LogP contribution in [0, 0.1) is 6.92 Å². The van der Waals surface area contributed by atoms with Crippen molar-refractivity contribution >= 4 is 34.8 Å². The summed E-state index contributed by atoms with van der Waals surface area (Å²) in [4.78, 5) is 30.0. The number of halogens is 3. The number of aromatic nitrogens is 1. The zero-order valence-corrected chi connectivity index (χ0v) is 24.8. The molecular formula is C31H32F3N5O3S. The fourth-order valence-electron chi connectivity index (χ4n) is 4.38. The lowest BCUT2D eigenvalue weighted by Crippen LogP contribution is -2.33. The fourth-order valence-corrected chi connectivity index (χ4v) is 5.09. The number of carbonyl (C=O) groups excluding carboxylic acids is 2. The molecule has 0 saturated carbocycles. The molecule has 0 radical (unpaired) electrons. The maximum Gasteiger partial charge on any atom is 0.573 e. The lowest BCUT2D eigenvalue weighted by Gasteiger charge is -2.15. The zero-order chi connectivity index (χ0) is 31.1. The molecule has 1 atom stereocenters. The number of ether oxygens (including phenoxy) is 1. The van der Waals surface area contributed by atoms with Gasteiger partial charge in [0.2, 0.25) is 0 Å². The number of urea groups is 2. The number of amides is 4. The topological polar surface area (TPSA) is 96.8 Å². The molecule has 1 heterocycles. The summed E-state index contributed by atoms with van der Waals surface area (Å²) in [7, 11) is 0. The molecular weight excluding hydrogens is 579 g/mol. The van der Waals surface area contributed by atoms with E-state index in [1.54, 1.807) is 12.1 Å². The average Bonchev–Trinajstić information content (AvgIpc) is 3.37. The fraction of sp³-hybridized carbons (Fsp3) is 0.258. The van der Waals surface area contributed by atoms with Crippen molar-refractivity contribution in [3.8, 4) is 11.4 Å². The van der Waals surface area contributed by atoms with Gasteiger partial charge in [0.15, 0.2) is 4.80 Å². The van der Waals surface area contributed by atoms with Crippen molar-refractivity contribution in [2.75, 3.05) is 10.6 Å². The second-order valence-electron chi connectivity index (χ2n) is 10.3. The molecule has 226 valence electrons. The molecule has 3 N–H and O–H groups in total. The lowest BCUT2D eigenvalue weighted by molar-refractivity contribution is -0.274. The van der Waals surface area contributed by atoms with Gasteiger partial charge in [-0.25, -0.2) is 9.59 Å². The first-order valence-corrected chi connectivity index (χ1v) is 14.4. The van der Waals surface area contributed by atoms with E-state index >= 15 is 0 Å². The smallest absolute Gasteiger partial charge is 0.406 e. The van der Waals surface area contributed by atoms with Crippen LogP contribution in [0.1, 0.15) is 43.4 Å². The van der Waals surface area contributed by atoms with Gasteiger partial charge in [0.05, 0.1) is 5.69 Å². The van der Waals surface area contributed by atoms with Gasteiger partial charge < -0.3 is 20.7 Å². The van der Waals surface area contributed by atoms with E-state index in [0.717, 1.165) is 28.9 Å². The monoisotopic (exact) mass is 611 g/mol. The van der Waals surface area contributed by atoms with Crippen LogP contribution in [0.4, 0.5) is 34.1 Å². The van der Waals surface area contributed by atoms with Crippen LogP contribution in [0.15, 0.2) is 83.3 Å². The summed E-state index contributed by atoms with van der Waals surface area (Å²) in [5.41, 5.74) is 5.05. The minimum Gasteiger partial charge on any atom is -0.406 e. The van der Waals surface area contributed by atoms with Crippen LogP contribution in [0.2, 0.25) is 0 Å². The van der Waals surface area contributed by atoms with Crippen molar-refractivity contribution in [1.82, 2.24) is 9.88 Å². The number of thiazole rings is 1. The number of alkyl halides is 3. The Labute approximate surface area is 251 Å². The Bertz CT molecular complexity index is 1630. The molecule has 1 aromatic heterocycles. The highest BCUT2D eigenvalue weighted by Crippen LogP contribution is 2.25. The van der Waals surface area contributed by atoms with Crippen molar-refractivity contribution in [2.24, 2.45) is 4.99 Å². The molecule has 12 heteroatoms. The van der Waals surface area contributed by atoms with Gasteiger partial charge in [0.25, 0.3) is 0 Å². The quantitative estimate of drug-likeness (QED) is 0.190. The Morgan fingerprint density at radius 1 is 0.953 bits per heavy atom. The molecule has 1 unspecified atom stereocenters. The van der Waals surface area contributed by atoms with Gasteiger partial charge in [-0.15, -0.1) is 24.5 Å². The molecule has 0 bridgehead atoms. The molecule has 0 aliphatic heterocycles. The molecule has 8 nitrogen and oxygen atoms in total. The van der Waals surface area contributed by atoms with Gasteiger partial charge in [-0.2, -0.15) is 4.99 Å². The second kappa shape index (κ2) is 13.6. The number of nitrogens with one attached hydrogen (secondary N) is 3. The largest absolute Gasteiger partial charge is 0.573 e. The first kappa shape index (κ1) is 31.4. The molecule has 0 aliphatic carbocycles. The van der Waals surface area contributed by atoms with E-state index in [0.29, 0.717) is 28.5 Å². The Morgan fingerprint density at radius 3 is 2.19 bits per heavy atom. The van der Waals surface area contributed by atoms with E-state index in [4.69, 9.17) is 0 Å². The van der Waals surface area contributed by atoms with Crippen molar-refractivity contribution in [3.63, 3.8) is 0 Å². The lowest BCUT2D eigenvalue weighted by atomic mass is 9.99. The van der Waals surface area contributed by atoms with Gasteiger partial charge in [-0.3, -0.25) is 4.57 Å². The van der Waals surface area contributed by atoms with Crippen LogP contribution >= 0.6 is 11.3 Å². The molecule has 0 aliphatic rings. The standard InChI is InChI=1S/C31H32F3N5O3S/c1-19(2)26-14-5-20(3)17-27(26)39-15-16-43-30(39)38-28(40)35-21(4)18-22-6-8-23(9-7-22)36-29(41)37-24-10-12-25(13-11-24)42-31(32,33)34/h5-17,19,21H,18H2,1-4H3,(H,35,40)(H2,36,37,41)/b38-30-. The molecule has 0 spiro atoms. The highest BCUT2D eigenvalue weighted by Gasteiger charge is 2.31. The Kier molecular flexibility index (Phi) is 9.92. The third-order valence-electron chi connectivity index (χ3n) is 6.32. The van der Waals surface area contributed by atoms with Crippen LogP contribution in [0.5, 0.6) is 5.75 Å². The van der Waals surface area contributed by atoms with Gasteiger partial charge in [0.1, 0.15) is 5.75 Å². The van der Waals surface area contributed by atoms with Crippen LogP contribution in [-0.2, 0) is 6.42 Å². The molecule has 3 aromatic carbocycles. The number of carbonyl (C=O) groups is 2.